The standard InChI is InChI=1S/C24H34ClO3P/c1-16-10-12-18(20(14-16)22(3,4)5)24(9,28-29(25,26)27)19-13-11-17(2)15-21(19)23(6,7)8/h10-15H,1-9H3,(H,26,27). The average Bonchev–Trinajstić information content (AvgIpc) is 2.51. The average molecular weight is 437 g/mol. The molecule has 0 heterocycles. The minimum Gasteiger partial charge on any atom is -0.313 e. The normalized spacial score (nSPS) is 15.3. The Bertz CT molecular complexity index is 882. The quantitative estimate of drug-likeness (QED) is 0.504. The fourth-order valence-electron chi connectivity index (χ4n) is 3.86. The number of rotatable bonds is 4. The second kappa shape index (κ2) is 7.85. The molecule has 29 heavy (non-hydrogen) atoms. The summed E-state index contributed by atoms with van der Waals surface area (Å²) in [6, 6.07) is 12.3. The van der Waals surface area contributed by atoms with E-state index in [9.17, 15) is 9.46 Å². The molecular weight excluding hydrogens is 403 g/mol. The summed E-state index contributed by atoms with van der Waals surface area (Å²) in [6.45, 7) is 14.4. The molecule has 0 saturated carbocycles. The number of halogens is 1. The minimum atomic E-state index is -4.31. The molecule has 0 bridgehead atoms. The second-order valence-electron chi connectivity index (χ2n) is 10.2. The molecule has 2 aromatic rings. The van der Waals surface area contributed by atoms with Gasteiger partial charge < -0.3 is 4.89 Å². The molecule has 0 aliphatic rings. The summed E-state index contributed by atoms with van der Waals surface area (Å²) in [5.41, 5.74) is 4.49. The van der Waals surface area contributed by atoms with Crippen LogP contribution in [0.1, 0.15) is 81.8 Å². The zero-order chi connectivity index (χ0) is 22.4. The van der Waals surface area contributed by atoms with Crippen LogP contribution in [0.3, 0.4) is 0 Å². The van der Waals surface area contributed by atoms with Gasteiger partial charge in [-0.1, -0.05) is 89.1 Å². The van der Waals surface area contributed by atoms with E-state index in [-0.39, 0.29) is 10.8 Å². The monoisotopic (exact) mass is 436 g/mol. The third kappa shape index (κ3) is 5.52. The first-order valence-corrected chi connectivity index (χ1v) is 12.4. The van der Waals surface area contributed by atoms with E-state index in [0.717, 1.165) is 33.4 Å². The third-order valence-corrected chi connectivity index (χ3v) is 6.09. The highest BCUT2D eigenvalue weighted by atomic mass is 35.7. The van der Waals surface area contributed by atoms with Crippen molar-refractivity contribution in [3.05, 3.63) is 69.8 Å². The largest absolute Gasteiger partial charge is 0.422 e. The molecule has 160 valence electrons. The van der Waals surface area contributed by atoms with Crippen LogP contribution in [0.15, 0.2) is 36.4 Å². The first kappa shape index (κ1) is 24.2. The zero-order valence-corrected chi connectivity index (χ0v) is 20.7. The van der Waals surface area contributed by atoms with Gasteiger partial charge in [0.2, 0.25) is 0 Å². The van der Waals surface area contributed by atoms with Crippen LogP contribution in [-0.4, -0.2) is 4.89 Å². The smallest absolute Gasteiger partial charge is 0.313 e. The molecule has 0 radical (unpaired) electrons. The topological polar surface area (TPSA) is 46.5 Å². The summed E-state index contributed by atoms with van der Waals surface area (Å²) in [5, 5.41) is 0. The van der Waals surface area contributed by atoms with Crippen molar-refractivity contribution in [2.24, 2.45) is 0 Å². The summed E-state index contributed by atoms with van der Waals surface area (Å²) >= 11 is 5.80. The Morgan fingerprint density at radius 1 is 0.759 bits per heavy atom. The van der Waals surface area contributed by atoms with Crippen LogP contribution in [-0.2, 0) is 25.5 Å². The summed E-state index contributed by atoms with van der Waals surface area (Å²) in [4.78, 5) is 10.1. The van der Waals surface area contributed by atoms with Crippen molar-refractivity contribution < 1.29 is 14.0 Å². The molecule has 0 fully saturated rings. The van der Waals surface area contributed by atoms with E-state index < -0.39 is 12.5 Å². The minimum absolute atomic E-state index is 0.190. The molecular formula is C24H34ClO3P. The van der Waals surface area contributed by atoms with Gasteiger partial charge in [0.25, 0.3) is 0 Å². The van der Waals surface area contributed by atoms with Gasteiger partial charge in [-0.05, 0) is 53.9 Å². The van der Waals surface area contributed by atoms with Crippen molar-refractivity contribution >= 4 is 18.2 Å². The van der Waals surface area contributed by atoms with E-state index in [1.807, 2.05) is 45.0 Å². The van der Waals surface area contributed by atoms with E-state index in [0.29, 0.717) is 0 Å². The maximum Gasteiger partial charge on any atom is 0.422 e. The van der Waals surface area contributed by atoms with Gasteiger partial charge in [-0.3, -0.25) is 4.52 Å². The summed E-state index contributed by atoms with van der Waals surface area (Å²) < 4.78 is 18.2. The maximum atomic E-state index is 12.3. The number of hydrogen-bond acceptors (Lipinski definition) is 2. The van der Waals surface area contributed by atoms with Gasteiger partial charge in [0.1, 0.15) is 5.60 Å². The van der Waals surface area contributed by atoms with Crippen LogP contribution in [0, 0.1) is 13.8 Å². The van der Waals surface area contributed by atoms with Crippen LogP contribution in [0.25, 0.3) is 0 Å². The van der Waals surface area contributed by atoms with Crippen LogP contribution in [0.5, 0.6) is 0 Å². The lowest BCUT2D eigenvalue weighted by Crippen LogP contribution is -2.33. The van der Waals surface area contributed by atoms with Crippen LogP contribution in [0.2, 0.25) is 0 Å². The van der Waals surface area contributed by atoms with E-state index in [1.54, 1.807) is 0 Å². The maximum absolute atomic E-state index is 12.3. The Labute approximate surface area is 180 Å². The van der Waals surface area contributed by atoms with Crippen molar-refractivity contribution in [1.29, 1.82) is 0 Å². The number of hydrogen-bond donors (Lipinski definition) is 1. The molecule has 3 nitrogen and oxygen atoms in total. The Morgan fingerprint density at radius 3 is 1.38 bits per heavy atom. The third-order valence-electron chi connectivity index (χ3n) is 5.29. The molecule has 0 amide bonds. The van der Waals surface area contributed by atoms with Crippen molar-refractivity contribution in [2.75, 3.05) is 0 Å². The highest BCUT2D eigenvalue weighted by molar-refractivity contribution is 7.80. The molecule has 2 aromatic carbocycles. The van der Waals surface area contributed by atoms with Crippen molar-refractivity contribution in [3.8, 4) is 0 Å². The molecule has 0 spiro atoms. The van der Waals surface area contributed by atoms with E-state index in [1.165, 1.54) is 0 Å². The van der Waals surface area contributed by atoms with Crippen LogP contribution < -0.4 is 0 Å². The first-order chi connectivity index (χ1) is 12.9. The van der Waals surface area contributed by atoms with Crippen LogP contribution in [0.4, 0.5) is 0 Å². The highest BCUT2D eigenvalue weighted by Crippen LogP contribution is 2.57. The summed E-state index contributed by atoms with van der Waals surface area (Å²) in [7, 11) is 0. The van der Waals surface area contributed by atoms with Gasteiger partial charge in [-0.2, -0.15) is 0 Å². The molecule has 0 aromatic heterocycles. The molecule has 1 unspecified atom stereocenters. The zero-order valence-electron chi connectivity index (χ0n) is 19.1. The number of aryl methyl sites for hydroxylation is 2. The predicted octanol–water partition coefficient (Wildman–Crippen LogP) is 7.52. The highest BCUT2D eigenvalue weighted by Gasteiger charge is 2.42. The SMILES string of the molecule is Cc1ccc(C(C)(OP(=O)(O)Cl)c2ccc(C)cc2C(C)(C)C)c(C(C)(C)C)c1. The van der Waals surface area contributed by atoms with Gasteiger partial charge in [-0.25, -0.2) is 4.57 Å². The number of benzene rings is 2. The molecule has 1 atom stereocenters. The fourth-order valence-corrected chi connectivity index (χ4v) is 4.92. The van der Waals surface area contributed by atoms with E-state index in [4.69, 9.17) is 15.8 Å². The predicted molar refractivity (Wildman–Crippen MR) is 123 cm³/mol. The lowest BCUT2D eigenvalue weighted by Gasteiger charge is -2.39. The molecule has 0 aliphatic heterocycles. The molecule has 2 rings (SSSR count). The van der Waals surface area contributed by atoms with Gasteiger partial charge >= 0.3 is 6.95 Å². The van der Waals surface area contributed by atoms with Gasteiger partial charge in [-0.15, -0.1) is 0 Å². The van der Waals surface area contributed by atoms with E-state index in [2.05, 4.69) is 53.7 Å². The lowest BCUT2D eigenvalue weighted by atomic mass is 9.72. The molecule has 1 N–H and O–H groups in total. The second-order valence-corrected chi connectivity index (χ2v) is 12.5. The van der Waals surface area contributed by atoms with Crippen LogP contribution >= 0.6 is 18.2 Å². The van der Waals surface area contributed by atoms with Gasteiger partial charge in [0.05, 0.1) is 0 Å². The van der Waals surface area contributed by atoms with Crippen molar-refractivity contribution in [2.45, 2.75) is 78.7 Å². The Morgan fingerprint density at radius 2 is 1.10 bits per heavy atom. The first-order valence-electron chi connectivity index (χ1n) is 9.91. The van der Waals surface area contributed by atoms with E-state index >= 15 is 0 Å². The van der Waals surface area contributed by atoms with Crippen molar-refractivity contribution in [1.82, 2.24) is 0 Å². The molecule has 0 aliphatic carbocycles. The summed E-state index contributed by atoms with van der Waals surface area (Å²) in [6.07, 6.45) is 0. The lowest BCUT2D eigenvalue weighted by molar-refractivity contribution is 0.116. The van der Waals surface area contributed by atoms with Gasteiger partial charge in [0, 0.05) is 11.2 Å². The Hall–Kier alpha value is -1.12. The summed E-state index contributed by atoms with van der Waals surface area (Å²) in [5.74, 6) is 0. The van der Waals surface area contributed by atoms with Crippen molar-refractivity contribution in [3.63, 3.8) is 0 Å². The Kier molecular flexibility index (Phi) is 6.54. The molecule has 0 saturated heterocycles. The van der Waals surface area contributed by atoms with Gasteiger partial charge in [0.15, 0.2) is 0 Å². The molecule has 5 heteroatoms. The fraction of sp³-hybridized carbons (Fsp3) is 0.500. The Balaban J connectivity index is 2.96.